The highest BCUT2D eigenvalue weighted by Gasteiger charge is 2.10. The number of aromatic amines is 1. The van der Waals surface area contributed by atoms with Gasteiger partial charge in [0.25, 0.3) is 5.78 Å². The number of aromatic nitrogens is 4. The minimum atomic E-state index is -0.946. The molecule has 0 aliphatic carbocycles. The van der Waals surface area contributed by atoms with E-state index in [9.17, 15) is 4.79 Å². The number of nitrogens with one attached hydrogen (secondary N) is 2. The van der Waals surface area contributed by atoms with Gasteiger partial charge in [-0.05, 0) is 18.2 Å². The van der Waals surface area contributed by atoms with Gasteiger partial charge in [0.15, 0.2) is 0 Å². The average molecular weight is 310 g/mol. The average Bonchev–Trinajstić information content (AvgIpc) is 2.82. The number of aliphatic carboxylic acids is 1. The quantitative estimate of drug-likeness (QED) is 0.681. The standard InChI is InChI=1S/C10H8BrN5O2/c11-5-1-2-7-6(3-5)13-10-14-9(15-16(7)10)12-4-8(17)18/h1-3H,4H2,(H,17,18)(H2,12,13,14,15). The minimum Gasteiger partial charge on any atom is -0.480 e. The molecule has 0 spiro atoms. The SMILES string of the molecule is O=C(O)CNc1nc2nc3cc(Br)ccc3n2[nH]1. The third kappa shape index (κ3) is 1.80. The fraction of sp³-hybridized carbons (Fsp3) is 0.100. The lowest BCUT2D eigenvalue weighted by Gasteiger charge is -1.96. The van der Waals surface area contributed by atoms with Gasteiger partial charge in [-0.2, -0.15) is 4.98 Å². The van der Waals surface area contributed by atoms with E-state index < -0.39 is 5.97 Å². The van der Waals surface area contributed by atoms with Crippen molar-refractivity contribution in [1.82, 2.24) is 19.6 Å². The number of imidazole rings is 1. The first-order valence-electron chi connectivity index (χ1n) is 5.13. The van der Waals surface area contributed by atoms with E-state index in [1.807, 2.05) is 18.2 Å². The van der Waals surface area contributed by atoms with Gasteiger partial charge in [-0.25, -0.2) is 9.50 Å². The number of carboxylic acid groups (broad SMARTS) is 1. The van der Waals surface area contributed by atoms with Gasteiger partial charge in [-0.15, -0.1) is 0 Å². The van der Waals surface area contributed by atoms with E-state index in [1.165, 1.54) is 0 Å². The molecule has 8 heteroatoms. The lowest BCUT2D eigenvalue weighted by molar-refractivity contribution is -0.134. The summed E-state index contributed by atoms with van der Waals surface area (Å²) in [5.41, 5.74) is 1.69. The highest BCUT2D eigenvalue weighted by atomic mass is 79.9. The molecule has 0 saturated heterocycles. The van der Waals surface area contributed by atoms with Crippen LogP contribution in [0.3, 0.4) is 0 Å². The van der Waals surface area contributed by atoms with Gasteiger partial charge in [-0.3, -0.25) is 9.89 Å². The van der Waals surface area contributed by atoms with E-state index in [1.54, 1.807) is 4.52 Å². The molecule has 0 saturated carbocycles. The number of carbonyl (C=O) groups is 1. The predicted molar refractivity (Wildman–Crippen MR) is 68.7 cm³/mol. The Labute approximate surface area is 109 Å². The molecule has 0 unspecified atom stereocenters. The summed E-state index contributed by atoms with van der Waals surface area (Å²) >= 11 is 3.38. The van der Waals surface area contributed by atoms with Crippen LogP contribution in [0.1, 0.15) is 0 Å². The molecule has 2 aromatic heterocycles. The van der Waals surface area contributed by atoms with Crippen molar-refractivity contribution in [2.75, 3.05) is 11.9 Å². The van der Waals surface area contributed by atoms with E-state index in [2.05, 4.69) is 36.3 Å². The summed E-state index contributed by atoms with van der Waals surface area (Å²) in [5, 5.41) is 14.2. The molecule has 3 aromatic rings. The Kier molecular flexibility index (Phi) is 2.44. The molecule has 18 heavy (non-hydrogen) atoms. The first-order chi connectivity index (χ1) is 8.63. The Morgan fingerprint density at radius 2 is 2.33 bits per heavy atom. The Bertz CT molecular complexity index is 747. The minimum absolute atomic E-state index is 0.194. The summed E-state index contributed by atoms with van der Waals surface area (Å²) in [7, 11) is 0. The third-order valence-corrected chi connectivity index (χ3v) is 2.93. The zero-order chi connectivity index (χ0) is 12.7. The van der Waals surface area contributed by atoms with Crippen LogP contribution in [0.15, 0.2) is 22.7 Å². The van der Waals surface area contributed by atoms with Crippen LogP contribution in [0.2, 0.25) is 0 Å². The number of anilines is 1. The number of nitrogens with zero attached hydrogens (tertiary/aromatic N) is 3. The number of hydrogen-bond acceptors (Lipinski definition) is 4. The number of rotatable bonds is 3. The molecule has 0 radical (unpaired) electrons. The predicted octanol–water partition coefficient (Wildman–Crippen LogP) is 1.47. The van der Waals surface area contributed by atoms with Crippen LogP contribution in [0, 0.1) is 0 Å². The second-order valence-corrected chi connectivity index (χ2v) is 4.62. The van der Waals surface area contributed by atoms with Crippen LogP contribution >= 0.6 is 15.9 Å². The number of benzene rings is 1. The van der Waals surface area contributed by atoms with Crippen molar-refractivity contribution in [1.29, 1.82) is 0 Å². The Balaban J connectivity index is 2.05. The highest BCUT2D eigenvalue weighted by Crippen LogP contribution is 2.20. The normalized spacial score (nSPS) is 11.2. The van der Waals surface area contributed by atoms with Gasteiger partial charge in [0.1, 0.15) is 6.54 Å². The molecule has 7 nitrogen and oxygen atoms in total. The van der Waals surface area contributed by atoms with E-state index >= 15 is 0 Å². The molecule has 0 fully saturated rings. The van der Waals surface area contributed by atoms with Crippen LogP contribution in [0.25, 0.3) is 16.8 Å². The zero-order valence-electron chi connectivity index (χ0n) is 9.01. The summed E-state index contributed by atoms with van der Waals surface area (Å²) in [6, 6.07) is 5.70. The monoisotopic (exact) mass is 309 g/mol. The molecular formula is C10H8BrN5O2. The second-order valence-electron chi connectivity index (χ2n) is 3.70. The van der Waals surface area contributed by atoms with Crippen molar-refractivity contribution in [2.24, 2.45) is 0 Å². The maximum atomic E-state index is 10.4. The number of fused-ring (bicyclic) bond motifs is 3. The van der Waals surface area contributed by atoms with Gasteiger partial charge < -0.3 is 10.4 Å². The molecule has 0 aliphatic rings. The number of hydrogen-bond donors (Lipinski definition) is 3. The van der Waals surface area contributed by atoms with Gasteiger partial charge in [0, 0.05) is 4.47 Å². The van der Waals surface area contributed by atoms with Crippen LogP contribution in [0.4, 0.5) is 5.95 Å². The van der Waals surface area contributed by atoms with E-state index in [0.717, 1.165) is 15.5 Å². The Morgan fingerprint density at radius 1 is 1.50 bits per heavy atom. The van der Waals surface area contributed by atoms with Crippen LogP contribution < -0.4 is 5.32 Å². The maximum Gasteiger partial charge on any atom is 0.322 e. The molecule has 2 heterocycles. The van der Waals surface area contributed by atoms with Crippen molar-refractivity contribution in [2.45, 2.75) is 0 Å². The molecular weight excluding hydrogens is 302 g/mol. The molecule has 3 N–H and O–H groups in total. The third-order valence-electron chi connectivity index (χ3n) is 2.44. The topological polar surface area (TPSA) is 95.3 Å². The lowest BCUT2D eigenvalue weighted by Crippen LogP contribution is -2.13. The summed E-state index contributed by atoms with van der Waals surface area (Å²) in [6.45, 7) is -0.194. The fourth-order valence-corrected chi connectivity index (χ4v) is 2.04. The Morgan fingerprint density at radius 3 is 3.11 bits per heavy atom. The molecule has 92 valence electrons. The Hall–Kier alpha value is -2.09. The number of halogens is 1. The first-order valence-corrected chi connectivity index (χ1v) is 5.92. The molecule has 0 bridgehead atoms. The zero-order valence-corrected chi connectivity index (χ0v) is 10.6. The second kappa shape index (κ2) is 3.98. The van der Waals surface area contributed by atoms with E-state index in [4.69, 9.17) is 5.11 Å². The van der Waals surface area contributed by atoms with Crippen LogP contribution in [-0.4, -0.2) is 37.2 Å². The summed E-state index contributed by atoms with van der Waals surface area (Å²) < 4.78 is 2.64. The van der Waals surface area contributed by atoms with Crippen LogP contribution in [-0.2, 0) is 4.79 Å². The number of carboxylic acids is 1. The fourth-order valence-electron chi connectivity index (χ4n) is 1.70. The van der Waals surface area contributed by atoms with Gasteiger partial charge in [-0.1, -0.05) is 15.9 Å². The van der Waals surface area contributed by atoms with E-state index in [0.29, 0.717) is 11.7 Å². The van der Waals surface area contributed by atoms with Crippen molar-refractivity contribution in [3.8, 4) is 0 Å². The van der Waals surface area contributed by atoms with Crippen molar-refractivity contribution < 1.29 is 9.90 Å². The lowest BCUT2D eigenvalue weighted by atomic mass is 10.3. The highest BCUT2D eigenvalue weighted by molar-refractivity contribution is 9.10. The van der Waals surface area contributed by atoms with E-state index in [-0.39, 0.29) is 6.54 Å². The van der Waals surface area contributed by atoms with Gasteiger partial charge in [0.05, 0.1) is 11.0 Å². The van der Waals surface area contributed by atoms with Gasteiger partial charge >= 0.3 is 5.97 Å². The molecule has 0 amide bonds. The molecule has 1 aromatic carbocycles. The summed E-state index contributed by atoms with van der Waals surface area (Å²) in [4.78, 5) is 18.9. The van der Waals surface area contributed by atoms with Gasteiger partial charge in [0.2, 0.25) is 5.95 Å². The smallest absolute Gasteiger partial charge is 0.322 e. The van der Waals surface area contributed by atoms with Crippen LogP contribution in [0.5, 0.6) is 0 Å². The summed E-state index contributed by atoms with van der Waals surface area (Å²) in [5.74, 6) is -0.0708. The van der Waals surface area contributed by atoms with Crippen molar-refractivity contribution in [3.05, 3.63) is 22.7 Å². The maximum absolute atomic E-state index is 10.4. The molecule has 3 rings (SSSR count). The molecule has 0 aliphatic heterocycles. The largest absolute Gasteiger partial charge is 0.480 e. The first kappa shape index (κ1) is 11.0. The number of H-pyrrole nitrogens is 1. The van der Waals surface area contributed by atoms with Crippen molar-refractivity contribution in [3.63, 3.8) is 0 Å². The molecule has 0 atom stereocenters. The summed E-state index contributed by atoms with van der Waals surface area (Å²) in [6.07, 6.45) is 0. The van der Waals surface area contributed by atoms with Crippen molar-refractivity contribution >= 4 is 44.7 Å².